The van der Waals surface area contributed by atoms with Crippen LogP contribution in [0.1, 0.15) is 33.8 Å². The van der Waals surface area contributed by atoms with Gasteiger partial charge < -0.3 is 10.4 Å². The molecule has 0 aliphatic rings. The van der Waals surface area contributed by atoms with Crippen LogP contribution < -0.4 is 5.32 Å². The monoisotopic (exact) mass is 275 g/mol. The molecule has 1 atom stereocenters. The third-order valence-corrected chi connectivity index (χ3v) is 3.93. The molecule has 0 fully saturated rings. The number of aliphatic hydroxyl groups is 1. The molecule has 1 amide bonds. The van der Waals surface area contributed by atoms with E-state index in [0.717, 1.165) is 22.4 Å². The fourth-order valence-electron chi connectivity index (χ4n) is 1.88. The topological polar surface area (TPSA) is 49.3 Å². The van der Waals surface area contributed by atoms with Gasteiger partial charge in [0, 0.05) is 6.54 Å². The van der Waals surface area contributed by atoms with Crippen LogP contribution in [0.2, 0.25) is 0 Å². The molecule has 1 aromatic carbocycles. The zero-order valence-corrected chi connectivity index (χ0v) is 11.6. The number of aliphatic hydroxyl groups excluding tert-OH is 1. The van der Waals surface area contributed by atoms with Crippen LogP contribution >= 0.6 is 11.3 Å². The molecule has 3 nitrogen and oxygen atoms in total. The lowest BCUT2D eigenvalue weighted by Gasteiger charge is -2.12. The molecule has 0 bridgehead atoms. The number of rotatable bonds is 5. The lowest BCUT2D eigenvalue weighted by molar-refractivity contribution is 0.0919. The fourth-order valence-corrected chi connectivity index (χ4v) is 2.79. The largest absolute Gasteiger partial charge is 0.387 e. The summed E-state index contributed by atoms with van der Waals surface area (Å²) in [6, 6.07) is 11.3. The molecular formula is C15H17NO2S. The highest BCUT2D eigenvalue weighted by Gasteiger charge is 2.14. The number of aryl methyl sites for hydroxylation is 1. The smallest absolute Gasteiger partial charge is 0.261 e. The lowest BCUT2D eigenvalue weighted by Crippen LogP contribution is -2.28. The second-order valence-corrected chi connectivity index (χ2v) is 5.18. The van der Waals surface area contributed by atoms with Crippen LogP contribution in [0.15, 0.2) is 41.8 Å². The van der Waals surface area contributed by atoms with Gasteiger partial charge in [0.1, 0.15) is 0 Å². The Hall–Kier alpha value is -1.65. The molecule has 100 valence electrons. The minimum absolute atomic E-state index is 0.109. The Morgan fingerprint density at radius 3 is 2.74 bits per heavy atom. The first-order chi connectivity index (χ1) is 9.22. The van der Waals surface area contributed by atoms with Crippen LogP contribution in [0.4, 0.5) is 0 Å². The Morgan fingerprint density at radius 2 is 2.05 bits per heavy atom. The van der Waals surface area contributed by atoms with Gasteiger partial charge in [-0.05, 0) is 29.0 Å². The van der Waals surface area contributed by atoms with E-state index in [0.29, 0.717) is 0 Å². The van der Waals surface area contributed by atoms with Crippen molar-refractivity contribution in [3.8, 4) is 0 Å². The van der Waals surface area contributed by atoms with E-state index in [2.05, 4.69) is 5.32 Å². The predicted octanol–water partition coefficient (Wildman–Crippen LogP) is 2.77. The van der Waals surface area contributed by atoms with E-state index < -0.39 is 6.10 Å². The van der Waals surface area contributed by atoms with Crippen LogP contribution in [-0.2, 0) is 6.42 Å². The Kier molecular flexibility index (Phi) is 4.71. The standard InChI is InChI=1S/C15H17NO2S/c1-2-11-8-9-19-14(11)15(18)16-10-13(17)12-6-4-3-5-7-12/h3-9,13,17H,2,10H2,1H3,(H,16,18). The molecule has 2 N–H and O–H groups in total. The Balaban J connectivity index is 1.94. The van der Waals surface area contributed by atoms with Crippen molar-refractivity contribution in [1.29, 1.82) is 0 Å². The van der Waals surface area contributed by atoms with Gasteiger partial charge in [-0.2, -0.15) is 0 Å². The molecule has 1 heterocycles. The minimum Gasteiger partial charge on any atom is -0.387 e. The van der Waals surface area contributed by atoms with Gasteiger partial charge in [0.25, 0.3) is 5.91 Å². The number of nitrogens with one attached hydrogen (secondary N) is 1. The van der Waals surface area contributed by atoms with Gasteiger partial charge in [-0.25, -0.2) is 0 Å². The summed E-state index contributed by atoms with van der Waals surface area (Å²) < 4.78 is 0. The second-order valence-electron chi connectivity index (χ2n) is 4.27. The Labute approximate surface area is 116 Å². The van der Waals surface area contributed by atoms with Crippen LogP contribution in [-0.4, -0.2) is 17.6 Å². The van der Waals surface area contributed by atoms with Crippen molar-refractivity contribution in [2.75, 3.05) is 6.54 Å². The molecule has 2 rings (SSSR count). The maximum absolute atomic E-state index is 12.0. The molecule has 2 aromatic rings. The van der Waals surface area contributed by atoms with E-state index >= 15 is 0 Å². The summed E-state index contributed by atoms with van der Waals surface area (Å²) >= 11 is 1.44. The SMILES string of the molecule is CCc1ccsc1C(=O)NCC(O)c1ccccc1. The summed E-state index contributed by atoms with van der Waals surface area (Å²) in [7, 11) is 0. The van der Waals surface area contributed by atoms with Gasteiger partial charge in [-0.1, -0.05) is 37.3 Å². The quantitative estimate of drug-likeness (QED) is 0.881. The Bertz CT molecular complexity index is 536. The van der Waals surface area contributed by atoms with Crippen molar-refractivity contribution in [3.63, 3.8) is 0 Å². The maximum Gasteiger partial charge on any atom is 0.261 e. The molecule has 19 heavy (non-hydrogen) atoms. The van der Waals surface area contributed by atoms with Gasteiger partial charge in [-0.15, -0.1) is 11.3 Å². The summed E-state index contributed by atoms with van der Waals surface area (Å²) in [6.07, 6.45) is 0.170. The molecule has 0 aliphatic heterocycles. The van der Waals surface area contributed by atoms with Crippen molar-refractivity contribution >= 4 is 17.2 Å². The molecular weight excluding hydrogens is 258 g/mol. The second kappa shape index (κ2) is 6.50. The minimum atomic E-state index is -0.671. The average molecular weight is 275 g/mol. The molecule has 1 aromatic heterocycles. The zero-order chi connectivity index (χ0) is 13.7. The zero-order valence-electron chi connectivity index (χ0n) is 10.8. The number of amides is 1. The third kappa shape index (κ3) is 3.43. The molecule has 1 unspecified atom stereocenters. The van der Waals surface area contributed by atoms with Crippen LogP contribution in [0.25, 0.3) is 0 Å². The summed E-state index contributed by atoms with van der Waals surface area (Å²) in [5, 5.41) is 14.7. The number of carbonyl (C=O) groups excluding carboxylic acids is 1. The number of thiophene rings is 1. The predicted molar refractivity (Wildman–Crippen MR) is 77.4 cm³/mol. The first kappa shape index (κ1) is 13.8. The molecule has 0 saturated carbocycles. The lowest BCUT2D eigenvalue weighted by atomic mass is 10.1. The average Bonchev–Trinajstić information content (AvgIpc) is 2.93. The Morgan fingerprint density at radius 1 is 1.32 bits per heavy atom. The highest BCUT2D eigenvalue weighted by atomic mass is 32.1. The van der Waals surface area contributed by atoms with E-state index in [9.17, 15) is 9.90 Å². The van der Waals surface area contributed by atoms with Crippen molar-refractivity contribution < 1.29 is 9.90 Å². The summed E-state index contributed by atoms with van der Waals surface area (Å²) in [4.78, 5) is 12.7. The molecule has 0 saturated heterocycles. The summed E-state index contributed by atoms with van der Waals surface area (Å²) in [6.45, 7) is 2.25. The highest BCUT2D eigenvalue weighted by molar-refractivity contribution is 7.12. The van der Waals surface area contributed by atoms with Crippen LogP contribution in [0.3, 0.4) is 0 Å². The van der Waals surface area contributed by atoms with Crippen molar-refractivity contribution in [2.24, 2.45) is 0 Å². The molecule has 0 spiro atoms. The highest BCUT2D eigenvalue weighted by Crippen LogP contribution is 2.17. The van der Waals surface area contributed by atoms with Gasteiger partial charge in [-0.3, -0.25) is 4.79 Å². The molecule has 0 aliphatic carbocycles. The van der Waals surface area contributed by atoms with Crippen LogP contribution in [0.5, 0.6) is 0 Å². The van der Waals surface area contributed by atoms with E-state index in [4.69, 9.17) is 0 Å². The molecule has 4 heteroatoms. The van der Waals surface area contributed by atoms with Crippen molar-refractivity contribution in [1.82, 2.24) is 5.32 Å². The fraction of sp³-hybridized carbons (Fsp3) is 0.267. The normalized spacial score (nSPS) is 12.1. The number of hydrogen-bond acceptors (Lipinski definition) is 3. The van der Waals surface area contributed by atoms with E-state index in [-0.39, 0.29) is 12.5 Å². The van der Waals surface area contributed by atoms with Gasteiger partial charge in [0.05, 0.1) is 11.0 Å². The summed E-state index contributed by atoms with van der Waals surface area (Å²) in [5.74, 6) is -0.109. The first-order valence-electron chi connectivity index (χ1n) is 6.30. The number of benzene rings is 1. The third-order valence-electron chi connectivity index (χ3n) is 2.97. The van der Waals surface area contributed by atoms with E-state index in [1.54, 1.807) is 0 Å². The van der Waals surface area contributed by atoms with Crippen molar-refractivity contribution in [3.05, 3.63) is 57.8 Å². The van der Waals surface area contributed by atoms with Crippen molar-refractivity contribution in [2.45, 2.75) is 19.4 Å². The first-order valence-corrected chi connectivity index (χ1v) is 7.18. The van der Waals surface area contributed by atoms with Gasteiger partial charge in [0.15, 0.2) is 0 Å². The number of carbonyl (C=O) groups is 1. The van der Waals surface area contributed by atoms with Gasteiger partial charge >= 0.3 is 0 Å². The van der Waals surface area contributed by atoms with E-state index in [1.165, 1.54) is 11.3 Å². The number of hydrogen-bond donors (Lipinski definition) is 2. The van der Waals surface area contributed by atoms with Gasteiger partial charge in [0.2, 0.25) is 0 Å². The van der Waals surface area contributed by atoms with E-state index in [1.807, 2.05) is 48.7 Å². The summed E-state index contributed by atoms with van der Waals surface area (Å²) in [5.41, 5.74) is 1.86. The van der Waals surface area contributed by atoms with Crippen LogP contribution in [0, 0.1) is 0 Å². The molecule has 0 radical (unpaired) electrons. The maximum atomic E-state index is 12.0.